The van der Waals surface area contributed by atoms with Crippen LogP contribution >= 0.6 is 0 Å². The molecule has 1 unspecified atom stereocenters. The van der Waals surface area contributed by atoms with Crippen molar-refractivity contribution in [3.05, 3.63) is 48.6 Å². The molecule has 0 aliphatic heterocycles. The van der Waals surface area contributed by atoms with E-state index < -0.39 is 6.10 Å². The molecule has 0 rings (SSSR count). The van der Waals surface area contributed by atoms with Gasteiger partial charge in [0.1, 0.15) is 13.2 Å². The van der Waals surface area contributed by atoms with Crippen molar-refractivity contribution >= 4 is 17.9 Å². The van der Waals surface area contributed by atoms with E-state index in [0.717, 1.165) is 83.5 Å². The summed E-state index contributed by atoms with van der Waals surface area (Å²) >= 11 is 0. The number of esters is 3. The van der Waals surface area contributed by atoms with Crippen molar-refractivity contribution in [1.29, 1.82) is 0 Å². The van der Waals surface area contributed by atoms with Crippen LogP contribution in [-0.2, 0) is 28.6 Å². The van der Waals surface area contributed by atoms with Crippen molar-refractivity contribution in [2.45, 2.75) is 341 Å². The number of hydrogen-bond acceptors (Lipinski definition) is 6. The first-order chi connectivity index (χ1) is 35.5. The van der Waals surface area contributed by atoms with Crippen LogP contribution in [0.1, 0.15) is 335 Å². The smallest absolute Gasteiger partial charge is 0.306 e. The summed E-state index contributed by atoms with van der Waals surface area (Å²) in [5.74, 6) is -0.864. The minimum absolute atomic E-state index is 0.0737. The van der Waals surface area contributed by atoms with Gasteiger partial charge in [0.25, 0.3) is 0 Å². The van der Waals surface area contributed by atoms with E-state index in [4.69, 9.17) is 14.2 Å². The molecule has 420 valence electrons. The van der Waals surface area contributed by atoms with E-state index >= 15 is 0 Å². The highest BCUT2D eigenvalue weighted by Crippen LogP contribution is 2.17. The molecule has 72 heavy (non-hydrogen) atoms. The van der Waals surface area contributed by atoms with Crippen LogP contribution in [0.2, 0.25) is 0 Å². The third kappa shape index (κ3) is 58.3. The maximum absolute atomic E-state index is 12.9. The summed E-state index contributed by atoms with van der Waals surface area (Å²) < 4.78 is 16.9. The molecule has 1 atom stereocenters. The largest absolute Gasteiger partial charge is 0.462 e. The van der Waals surface area contributed by atoms with Crippen LogP contribution < -0.4 is 0 Å². The van der Waals surface area contributed by atoms with E-state index in [1.54, 1.807) is 0 Å². The van der Waals surface area contributed by atoms with Crippen molar-refractivity contribution < 1.29 is 28.6 Å². The summed E-state index contributed by atoms with van der Waals surface area (Å²) in [5, 5.41) is 0. The molecular formula is C66H120O6. The zero-order chi connectivity index (χ0) is 52.2. The van der Waals surface area contributed by atoms with Gasteiger partial charge in [0.05, 0.1) is 0 Å². The molecule has 0 radical (unpaired) electrons. The number of hydrogen-bond donors (Lipinski definition) is 0. The molecule has 0 saturated carbocycles. The molecule has 0 aromatic heterocycles. The first kappa shape index (κ1) is 69.4. The Balaban J connectivity index is 4.35. The fourth-order valence-corrected chi connectivity index (χ4v) is 9.34. The van der Waals surface area contributed by atoms with Gasteiger partial charge in [0.2, 0.25) is 0 Å². The molecule has 0 spiro atoms. The summed E-state index contributed by atoms with van der Waals surface area (Å²) in [6.45, 7) is 6.57. The van der Waals surface area contributed by atoms with Gasteiger partial charge in [0, 0.05) is 19.3 Å². The molecule has 0 bridgehead atoms. The van der Waals surface area contributed by atoms with Crippen molar-refractivity contribution in [3.63, 3.8) is 0 Å². The van der Waals surface area contributed by atoms with Gasteiger partial charge in [-0.2, -0.15) is 0 Å². The van der Waals surface area contributed by atoms with Crippen LogP contribution in [0.15, 0.2) is 48.6 Å². The van der Waals surface area contributed by atoms with Gasteiger partial charge < -0.3 is 14.2 Å². The fourth-order valence-electron chi connectivity index (χ4n) is 9.34. The van der Waals surface area contributed by atoms with Crippen molar-refractivity contribution in [2.75, 3.05) is 13.2 Å². The molecule has 0 saturated heterocycles. The van der Waals surface area contributed by atoms with E-state index in [9.17, 15) is 14.4 Å². The lowest BCUT2D eigenvalue weighted by molar-refractivity contribution is -0.167. The van der Waals surface area contributed by atoms with Gasteiger partial charge in [0.15, 0.2) is 6.10 Å². The monoisotopic (exact) mass is 1010 g/mol. The Morgan fingerprint density at radius 3 is 0.861 bits per heavy atom. The second kappa shape index (κ2) is 60.9. The highest BCUT2D eigenvalue weighted by Gasteiger charge is 2.19. The van der Waals surface area contributed by atoms with E-state index in [2.05, 4.69) is 69.4 Å². The van der Waals surface area contributed by atoms with Crippen molar-refractivity contribution in [1.82, 2.24) is 0 Å². The second-order valence-corrected chi connectivity index (χ2v) is 21.3. The van der Waals surface area contributed by atoms with Crippen LogP contribution in [0.5, 0.6) is 0 Å². The maximum Gasteiger partial charge on any atom is 0.306 e. The van der Waals surface area contributed by atoms with Crippen LogP contribution in [0.4, 0.5) is 0 Å². The normalized spacial score (nSPS) is 12.3. The van der Waals surface area contributed by atoms with Gasteiger partial charge in [-0.1, -0.05) is 288 Å². The van der Waals surface area contributed by atoms with E-state index in [0.29, 0.717) is 19.3 Å². The SMILES string of the molecule is CC/C=C\C/C=C\C/C=C\CCCCCCCCCC(=O)OCC(COC(=O)CCCCCCCCCCC/C=C\CCCCCCCC)OC(=O)CCCCCCCCCCCCCCCCCCCC. The lowest BCUT2D eigenvalue weighted by Gasteiger charge is -2.18. The number of carbonyl (C=O) groups is 3. The lowest BCUT2D eigenvalue weighted by Crippen LogP contribution is -2.30. The standard InChI is InChI=1S/C66H120O6/c1-4-7-10-13-16-19-22-25-28-31-33-36-38-41-44-47-50-53-56-59-65(68)71-62-63(61-70-64(67)58-55-52-49-46-43-40-37-34-30-27-24-21-18-15-12-9-6-3)72-66(69)60-57-54-51-48-45-42-39-35-32-29-26-23-20-17-14-11-8-5-2/h9,12,18,21,25,27-28,30,63H,4-8,10-11,13-17,19-20,22-24,26,29,31-62H2,1-3H3/b12-9-,21-18-,28-25-,30-27-. The Morgan fingerprint density at radius 2 is 0.542 bits per heavy atom. The molecule has 6 heteroatoms. The Morgan fingerprint density at radius 1 is 0.292 bits per heavy atom. The molecule has 0 aromatic carbocycles. The highest BCUT2D eigenvalue weighted by atomic mass is 16.6. The molecule has 6 nitrogen and oxygen atoms in total. The summed E-state index contributed by atoms with van der Waals surface area (Å²) in [4.78, 5) is 38.3. The Labute approximate surface area is 448 Å². The maximum atomic E-state index is 12.9. The zero-order valence-corrected chi connectivity index (χ0v) is 48.2. The van der Waals surface area contributed by atoms with Gasteiger partial charge in [-0.3, -0.25) is 14.4 Å². The first-order valence-electron chi connectivity index (χ1n) is 31.6. The topological polar surface area (TPSA) is 78.9 Å². The molecule has 0 aliphatic rings. The molecule has 0 N–H and O–H groups in total. The summed E-state index contributed by atoms with van der Waals surface area (Å²) in [5.41, 5.74) is 0. The molecule has 0 amide bonds. The third-order valence-corrected chi connectivity index (χ3v) is 14.1. The minimum atomic E-state index is -0.777. The van der Waals surface area contributed by atoms with Crippen LogP contribution in [0.25, 0.3) is 0 Å². The first-order valence-corrected chi connectivity index (χ1v) is 31.6. The molecular weight excluding hydrogens is 889 g/mol. The average Bonchev–Trinajstić information content (AvgIpc) is 3.38. The summed E-state index contributed by atoms with van der Waals surface area (Å²) in [7, 11) is 0. The van der Waals surface area contributed by atoms with Gasteiger partial charge in [-0.25, -0.2) is 0 Å². The van der Waals surface area contributed by atoms with Gasteiger partial charge in [-0.15, -0.1) is 0 Å². The predicted octanol–water partition coefficient (Wildman–Crippen LogP) is 21.4. The van der Waals surface area contributed by atoms with Crippen LogP contribution in [-0.4, -0.2) is 37.2 Å². The van der Waals surface area contributed by atoms with Crippen LogP contribution in [0, 0.1) is 0 Å². The molecule has 0 aliphatic carbocycles. The number of ether oxygens (including phenoxy) is 3. The summed E-state index contributed by atoms with van der Waals surface area (Å²) in [6, 6.07) is 0. The van der Waals surface area contributed by atoms with Gasteiger partial charge >= 0.3 is 17.9 Å². The van der Waals surface area contributed by atoms with E-state index in [1.807, 2.05) is 0 Å². The third-order valence-electron chi connectivity index (χ3n) is 14.1. The van der Waals surface area contributed by atoms with E-state index in [-0.39, 0.29) is 31.1 Å². The predicted molar refractivity (Wildman–Crippen MR) is 312 cm³/mol. The Bertz CT molecular complexity index is 1250. The minimum Gasteiger partial charge on any atom is -0.462 e. The highest BCUT2D eigenvalue weighted by molar-refractivity contribution is 5.71. The second-order valence-electron chi connectivity index (χ2n) is 21.3. The van der Waals surface area contributed by atoms with Gasteiger partial charge in [-0.05, 0) is 77.0 Å². The zero-order valence-electron chi connectivity index (χ0n) is 48.2. The van der Waals surface area contributed by atoms with E-state index in [1.165, 1.54) is 212 Å². The van der Waals surface area contributed by atoms with Crippen molar-refractivity contribution in [2.24, 2.45) is 0 Å². The van der Waals surface area contributed by atoms with Crippen LogP contribution in [0.3, 0.4) is 0 Å². The number of rotatable bonds is 58. The Hall–Kier alpha value is -2.63. The number of unbranched alkanes of at least 4 members (excludes halogenated alkanes) is 39. The molecule has 0 fully saturated rings. The molecule has 0 aromatic rings. The number of allylic oxidation sites excluding steroid dienone is 8. The summed E-state index contributed by atoms with van der Waals surface area (Å²) in [6.07, 6.45) is 75.4. The number of carbonyl (C=O) groups excluding carboxylic acids is 3. The Kier molecular flexibility index (Phi) is 58.7. The fraction of sp³-hybridized carbons (Fsp3) is 0.833. The average molecular weight is 1010 g/mol. The molecule has 0 heterocycles. The quantitative estimate of drug-likeness (QED) is 0.0261. The lowest BCUT2D eigenvalue weighted by atomic mass is 10.0. The van der Waals surface area contributed by atoms with Crippen molar-refractivity contribution in [3.8, 4) is 0 Å².